The third-order valence-electron chi connectivity index (χ3n) is 5.18. The van der Waals surface area contributed by atoms with Crippen LogP contribution in [0.15, 0.2) is 24.4 Å². The molecule has 3 nitrogen and oxygen atoms in total. The zero-order valence-electron chi connectivity index (χ0n) is 14.2. The summed E-state index contributed by atoms with van der Waals surface area (Å²) in [7, 11) is 0. The maximum atomic E-state index is 14.2. The molecule has 3 heterocycles. The van der Waals surface area contributed by atoms with Crippen molar-refractivity contribution < 1.29 is 22.0 Å². The fourth-order valence-corrected chi connectivity index (χ4v) is 4.62. The van der Waals surface area contributed by atoms with E-state index >= 15 is 0 Å². The van der Waals surface area contributed by atoms with Crippen LogP contribution in [0, 0.1) is 11.8 Å². The molecule has 0 spiro atoms. The van der Waals surface area contributed by atoms with E-state index in [-0.39, 0.29) is 22.9 Å². The fourth-order valence-electron chi connectivity index (χ4n) is 3.97. The molecule has 2 bridgehead atoms. The number of hydrogen-bond acceptors (Lipinski definition) is 2. The number of fused-ring (bicyclic) bond motifs is 4. The third kappa shape index (κ3) is 3.20. The number of nitrogens with one attached hydrogen (secondary N) is 1. The summed E-state index contributed by atoms with van der Waals surface area (Å²) in [6, 6.07) is 2.66. The molecule has 148 valence electrons. The molecule has 0 amide bonds. The van der Waals surface area contributed by atoms with Crippen molar-refractivity contribution in [1.29, 1.82) is 0 Å². The van der Waals surface area contributed by atoms with Crippen molar-refractivity contribution in [2.75, 3.05) is 5.32 Å². The molecule has 0 saturated carbocycles. The molecule has 10 heteroatoms. The summed E-state index contributed by atoms with van der Waals surface area (Å²) in [5, 5.41) is 2.20. The lowest BCUT2D eigenvalue weighted by molar-refractivity contribution is -0.137. The first kappa shape index (κ1) is 19.3. The maximum absolute atomic E-state index is 14.2. The number of hydrogen-bond donors (Lipinski definition) is 1. The van der Waals surface area contributed by atoms with E-state index in [0.717, 1.165) is 24.5 Å². The van der Waals surface area contributed by atoms with Crippen molar-refractivity contribution in [2.45, 2.75) is 37.5 Å². The van der Waals surface area contributed by atoms with E-state index in [0.29, 0.717) is 18.1 Å². The number of rotatable bonds is 1. The van der Waals surface area contributed by atoms with Gasteiger partial charge in [-0.15, -0.1) is 0 Å². The summed E-state index contributed by atoms with van der Waals surface area (Å²) in [6.07, 6.45) is -1.47. The lowest BCUT2D eigenvalue weighted by Crippen LogP contribution is -2.44. The van der Waals surface area contributed by atoms with E-state index in [2.05, 4.69) is 10.3 Å². The monoisotopic (exact) mass is 433 g/mol. The Kier molecular flexibility index (Phi) is 4.70. The summed E-state index contributed by atoms with van der Waals surface area (Å²) in [5.41, 5.74) is -0.165. The van der Waals surface area contributed by atoms with Gasteiger partial charge < -0.3 is 10.2 Å². The molecule has 1 saturated heterocycles. The Balaban J connectivity index is 1.61. The highest BCUT2D eigenvalue weighted by Gasteiger charge is 2.42. The number of anilines is 1. The van der Waals surface area contributed by atoms with Crippen molar-refractivity contribution in [1.82, 2.24) is 9.88 Å². The Hall–Kier alpha value is -2.00. The van der Waals surface area contributed by atoms with E-state index in [9.17, 15) is 22.0 Å². The van der Waals surface area contributed by atoms with Gasteiger partial charge in [0.25, 0.3) is 0 Å². The van der Waals surface area contributed by atoms with Gasteiger partial charge >= 0.3 is 6.18 Å². The van der Waals surface area contributed by atoms with Crippen LogP contribution in [0.4, 0.5) is 27.6 Å². The van der Waals surface area contributed by atoms with Crippen LogP contribution in [-0.4, -0.2) is 21.0 Å². The molecule has 1 aromatic heterocycles. The molecule has 2 aliphatic heterocycles. The number of alkyl halides is 3. The molecule has 0 radical (unpaired) electrons. The predicted molar refractivity (Wildman–Crippen MR) is 98.1 cm³/mol. The van der Waals surface area contributed by atoms with Crippen molar-refractivity contribution in [2.24, 2.45) is 0 Å². The normalized spacial score (nSPS) is 20.9. The molecule has 2 aliphatic rings. The largest absolute Gasteiger partial charge is 0.417 e. The minimum absolute atomic E-state index is 0.0934. The predicted octanol–water partition coefficient (Wildman–Crippen LogP) is 5.49. The Labute approximate surface area is 167 Å². The number of aromatic nitrogens is 1. The Bertz CT molecular complexity index is 965. The van der Waals surface area contributed by atoms with E-state index in [4.69, 9.17) is 23.8 Å². The fraction of sp³-hybridized carbons (Fsp3) is 0.333. The second kappa shape index (κ2) is 6.81. The molecular formula is C18H13ClF5N3S. The molecule has 2 atom stereocenters. The van der Waals surface area contributed by atoms with Crippen LogP contribution in [0.1, 0.15) is 35.6 Å². The molecule has 4 rings (SSSR count). The summed E-state index contributed by atoms with van der Waals surface area (Å²) in [4.78, 5) is 5.54. The summed E-state index contributed by atoms with van der Waals surface area (Å²) in [5.74, 6) is -1.62. The van der Waals surface area contributed by atoms with Gasteiger partial charge in [0.1, 0.15) is 5.82 Å². The summed E-state index contributed by atoms with van der Waals surface area (Å²) < 4.78 is 66.8. The van der Waals surface area contributed by atoms with Gasteiger partial charge in [-0.2, -0.15) is 17.6 Å². The van der Waals surface area contributed by atoms with Crippen LogP contribution in [0.5, 0.6) is 0 Å². The van der Waals surface area contributed by atoms with Crippen LogP contribution in [0.25, 0.3) is 0 Å². The molecule has 0 aliphatic carbocycles. The first-order valence-corrected chi connectivity index (χ1v) is 9.24. The Morgan fingerprint density at radius 1 is 1.25 bits per heavy atom. The minimum Gasteiger partial charge on any atom is -0.339 e. The van der Waals surface area contributed by atoms with Crippen LogP contribution < -0.4 is 5.32 Å². The van der Waals surface area contributed by atoms with Gasteiger partial charge in [-0.3, -0.25) is 0 Å². The Morgan fingerprint density at radius 3 is 2.71 bits per heavy atom. The van der Waals surface area contributed by atoms with Crippen LogP contribution in [0.3, 0.4) is 0 Å². The van der Waals surface area contributed by atoms with Gasteiger partial charge in [-0.25, -0.2) is 9.37 Å². The molecule has 1 N–H and O–H groups in total. The standard InChI is InChI=1S/C18H13ClF5N3S/c19-12-7-14(13(20)6-11(12)18(22,23)24)26-17(28)27-8-1-2-15(27)9-3-4-25-16(21)10(9)5-8/h3-4,6-8,15H,1-2,5H2,(H,26,28)/t8-,15+/m0/s1. The van der Waals surface area contributed by atoms with Crippen LogP contribution >= 0.6 is 23.8 Å². The SMILES string of the molecule is Fc1cc(C(F)(F)F)c(Cl)cc1NC(=S)N1[C@H]2CC[C@@H]1c1ccnc(F)c1C2. The van der Waals surface area contributed by atoms with Crippen molar-refractivity contribution >= 4 is 34.6 Å². The first-order chi connectivity index (χ1) is 13.2. The number of benzene rings is 1. The van der Waals surface area contributed by atoms with Crippen molar-refractivity contribution in [3.05, 3.63) is 57.9 Å². The second-order valence-corrected chi connectivity index (χ2v) is 7.56. The van der Waals surface area contributed by atoms with Crippen molar-refractivity contribution in [3.63, 3.8) is 0 Å². The third-order valence-corrected chi connectivity index (χ3v) is 5.80. The zero-order chi connectivity index (χ0) is 20.2. The zero-order valence-corrected chi connectivity index (χ0v) is 15.7. The van der Waals surface area contributed by atoms with Gasteiger partial charge in [0.15, 0.2) is 5.11 Å². The molecule has 1 fully saturated rings. The highest BCUT2D eigenvalue weighted by molar-refractivity contribution is 7.80. The van der Waals surface area contributed by atoms with Gasteiger partial charge in [0, 0.05) is 17.8 Å². The van der Waals surface area contributed by atoms with Crippen LogP contribution in [0.2, 0.25) is 5.02 Å². The van der Waals surface area contributed by atoms with Gasteiger partial charge in [-0.1, -0.05) is 11.6 Å². The van der Waals surface area contributed by atoms with Crippen LogP contribution in [-0.2, 0) is 12.6 Å². The maximum Gasteiger partial charge on any atom is 0.417 e. The van der Waals surface area contributed by atoms with E-state index in [1.807, 2.05) is 4.90 Å². The van der Waals surface area contributed by atoms with E-state index in [1.54, 1.807) is 6.07 Å². The van der Waals surface area contributed by atoms with Crippen molar-refractivity contribution in [3.8, 4) is 0 Å². The lowest BCUT2D eigenvalue weighted by Gasteiger charge is -2.38. The topological polar surface area (TPSA) is 28.2 Å². The number of halogens is 6. The molecule has 2 aromatic rings. The van der Waals surface area contributed by atoms with E-state index in [1.165, 1.54) is 6.20 Å². The van der Waals surface area contributed by atoms with E-state index < -0.39 is 28.5 Å². The minimum atomic E-state index is -4.76. The molecule has 28 heavy (non-hydrogen) atoms. The number of nitrogens with zero attached hydrogens (tertiary/aromatic N) is 2. The lowest BCUT2D eigenvalue weighted by atomic mass is 9.95. The smallest absolute Gasteiger partial charge is 0.339 e. The average Bonchev–Trinajstić information content (AvgIpc) is 2.93. The quantitative estimate of drug-likeness (QED) is 0.365. The highest BCUT2D eigenvalue weighted by atomic mass is 35.5. The highest BCUT2D eigenvalue weighted by Crippen LogP contribution is 2.44. The van der Waals surface area contributed by atoms with Gasteiger partial charge in [-0.05, 0) is 55.2 Å². The molecule has 0 unspecified atom stereocenters. The molecular weight excluding hydrogens is 421 g/mol. The summed E-state index contributed by atoms with van der Waals surface area (Å²) >= 11 is 11.1. The number of thiocarbonyl (C=S) groups is 1. The number of pyridine rings is 1. The van der Waals surface area contributed by atoms with Gasteiger partial charge in [0.05, 0.1) is 22.3 Å². The summed E-state index contributed by atoms with van der Waals surface area (Å²) in [6.45, 7) is 0. The molecule has 1 aromatic carbocycles. The second-order valence-electron chi connectivity index (χ2n) is 6.77. The average molecular weight is 434 g/mol. The first-order valence-electron chi connectivity index (χ1n) is 8.45. The Morgan fingerprint density at radius 2 is 2.00 bits per heavy atom. The van der Waals surface area contributed by atoms with Gasteiger partial charge in [0.2, 0.25) is 5.95 Å².